The summed E-state index contributed by atoms with van der Waals surface area (Å²) in [5.74, 6) is 1.19. The number of tetrazole rings is 1. The summed E-state index contributed by atoms with van der Waals surface area (Å²) >= 11 is 0. The Morgan fingerprint density at radius 2 is 1.78 bits per heavy atom. The Balaban J connectivity index is 1.43. The number of rotatable bonds is 8. The first-order valence-corrected chi connectivity index (χ1v) is 12.7. The number of phenols is 1. The molecule has 2 aliphatic carbocycles. The number of carbonyl (C=O) groups excluding carboxylic acids is 2. The van der Waals surface area contributed by atoms with Gasteiger partial charge in [-0.3, -0.25) is 9.59 Å². The lowest BCUT2D eigenvalue weighted by Gasteiger charge is -2.36. The van der Waals surface area contributed by atoms with Gasteiger partial charge in [0.15, 0.2) is 5.76 Å². The van der Waals surface area contributed by atoms with E-state index < -0.39 is 6.04 Å². The van der Waals surface area contributed by atoms with Crippen LogP contribution in [0.1, 0.15) is 68.7 Å². The second-order valence-electron chi connectivity index (χ2n) is 9.78. The minimum atomic E-state index is -0.808. The zero-order chi connectivity index (χ0) is 25.1. The average molecular weight is 493 g/mol. The summed E-state index contributed by atoms with van der Waals surface area (Å²) < 4.78 is 5.57. The molecule has 1 atom stereocenters. The SMILES string of the molecule is Cc1ccc(-c2nnn(CC(=O)N(C3CCCC3)C(C(=O)NC3CCCC3)c3ccc(O)cc3)n2)o1. The predicted molar refractivity (Wildman–Crippen MR) is 131 cm³/mol. The molecule has 10 heteroatoms. The molecular formula is C26H32N6O4. The molecule has 36 heavy (non-hydrogen) atoms. The van der Waals surface area contributed by atoms with Crippen LogP contribution in [0.4, 0.5) is 0 Å². The standard InChI is InChI=1S/C26H32N6O4/c1-17-10-15-22(36-17)25-28-30-31(29-25)16-23(34)32(20-8-4-5-9-20)24(18-11-13-21(33)14-12-18)26(35)27-19-6-2-3-7-19/h10-15,19-20,24,33H,2-9,16H2,1H3,(H,27,35). The van der Waals surface area contributed by atoms with E-state index >= 15 is 0 Å². The van der Waals surface area contributed by atoms with Crippen LogP contribution in [0.3, 0.4) is 0 Å². The van der Waals surface area contributed by atoms with Crippen LogP contribution < -0.4 is 5.32 Å². The molecule has 0 saturated heterocycles. The number of hydrogen-bond acceptors (Lipinski definition) is 7. The molecule has 190 valence electrons. The fraction of sp³-hybridized carbons (Fsp3) is 0.500. The molecule has 2 heterocycles. The van der Waals surface area contributed by atoms with Gasteiger partial charge in [0.2, 0.25) is 17.6 Å². The smallest absolute Gasteiger partial charge is 0.247 e. The number of nitrogens with zero attached hydrogens (tertiary/aromatic N) is 5. The maximum atomic E-state index is 13.8. The third-order valence-corrected chi connectivity index (χ3v) is 7.13. The average Bonchev–Trinajstić information content (AvgIpc) is 3.66. The Bertz CT molecular complexity index is 1190. The van der Waals surface area contributed by atoms with Gasteiger partial charge < -0.3 is 19.7 Å². The number of amides is 2. The Labute approximate surface area is 209 Å². The van der Waals surface area contributed by atoms with E-state index in [0.717, 1.165) is 57.1 Å². The largest absolute Gasteiger partial charge is 0.508 e. The number of aromatic nitrogens is 4. The van der Waals surface area contributed by atoms with Gasteiger partial charge in [-0.05, 0) is 67.6 Å². The molecule has 1 aromatic carbocycles. The maximum absolute atomic E-state index is 13.8. The Kier molecular flexibility index (Phi) is 7.02. The van der Waals surface area contributed by atoms with Crippen molar-refractivity contribution in [2.24, 2.45) is 0 Å². The van der Waals surface area contributed by atoms with E-state index in [4.69, 9.17) is 4.42 Å². The number of furan rings is 1. The quantitative estimate of drug-likeness (QED) is 0.493. The summed E-state index contributed by atoms with van der Waals surface area (Å²) in [5.41, 5.74) is 0.668. The first-order chi connectivity index (χ1) is 17.5. The van der Waals surface area contributed by atoms with Gasteiger partial charge >= 0.3 is 0 Å². The number of aryl methyl sites for hydroxylation is 1. The van der Waals surface area contributed by atoms with E-state index in [1.54, 1.807) is 35.2 Å². The van der Waals surface area contributed by atoms with Gasteiger partial charge in [-0.15, -0.1) is 10.2 Å². The third kappa shape index (κ3) is 5.27. The molecule has 2 N–H and O–H groups in total. The van der Waals surface area contributed by atoms with Crippen molar-refractivity contribution in [2.45, 2.75) is 83.0 Å². The molecule has 10 nitrogen and oxygen atoms in total. The molecule has 2 aromatic heterocycles. The van der Waals surface area contributed by atoms with Crippen LogP contribution in [0.2, 0.25) is 0 Å². The van der Waals surface area contributed by atoms with Crippen molar-refractivity contribution in [3.05, 3.63) is 47.7 Å². The van der Waals surface area contributed by atoms with Crippen molar-refractivity contribution in [3.8, 4) is 17.3 Å². The second-order valence-corrected chi connectivity index (χ2v) is 9.78. The molecule has 0 bridgehead atoms. The van der Waals surface area contributed by atoms with Crippen molar-refractivity contribution < 1.29 is 19.1 Å². The zero-order valence-electron chi connectivity index (χ0n) is 20.5. The van der Waals surface area contributed by atoms with Gasteiger partial charge in [0.25, 0.3) is 0 Å². The number of carbonyl (C=O) groups is 2. The van der Waals surface area contributed by atoms with Gasteiger partial charge in [-0.1, -0.05) is 37.8 Å². The fourth-order valence-electron chi connectivity index (χ4n) is 5.35. The van der Waals surface area contributed by atoms with Crippen LogP contribution in [0.5, 0.6) is 5.75 Å². The van der Waals surface area contributed by atoms with E-state index in [2.05, 4.69) is 20.7 Å². The van der Waals surface area contributed by atoms with Gasteiger partial charge in [-0.2, -0.15) is 4.80 Å². The lowest BCUT2D eigenvalue weighted by molar-refractivity contribution is -0.144. The highest BCUT2D eigenvalue weighted by Gasteiger charge is 2.38. The highest BCUT2D eigenvalue weighted by atomic mass is 16.3. The van der Waals surface area contributed by atoms with E-state index in [0.29, 0.717) is 17.1 Å². The van der Waals surface area contributed by atoms with Gasteiger partial charge in [0, 0.05) is 12.1 Å². The van der Waals surface area contributed by atoms with E-state index in [1.165, 1.54) is 4.80 Å². The molecule has 0 aliphatic heterocycles. The maximum Gasteiger partial charge on any atom is 0.247 e. The van der Waals surface area contributed by atoms with Gasteiger partial charge in [-0.25, -0.2) is 0 Å². The molecule has 0 spiro atoms. The van der Waals surface area contributed by atoms with E-state index in [9.17, 15) is 14.7 Å². The minimum absolute atomic E-state index is 0.0682. The molecule has 2 amide bonds. The van der Waals surface area contributed by atoms with E-state index in [1.807, 2.05) is 13.0 Å². The van der Waals surface area contributed by atoms with Crippen LogP contribution in [-0.4, -0.2) is 54.1 Å². The number of hydrogen-bond donors (Lipinski definition) is 2. The highest BCUT2D eigenvalue weighted by Crippen LogP contribution is 2.33. The molecule has 0 radical (unpaired) electrons. The first-order valence-electron chi connectivity index (χ1n) is 12.7. The molecular weight excluding hydrogens is 460 g/mol. The Morgan fingerprint density at radius 1 is 1.08 bits per heavy atom. The Morgan fingerprint density at radius 3 is 2.44 bits per heavy atom. The van der Waals surface area contributed by atoms with Crippen LogP contribution in [0.15, 0.2) is 40.8 Å². The van der Waals surface area contributed by atoms with Crippen molar-refractivity contribution in [1.82, 2.24) is 30.4 Å². The lowest BCUT2D eigenvalue weighted by Crippen LogP contribution is -2.50. The fourth-order valence-corrected chi connectivity index (χ4v) is 5.35. The van der Waals surface area contributed by atoms with Crippen molar-refractivity contribution >= 4 is 11.8 Å². The molecule has 5 rings (SSSR count). The lowest BCUT2D eigenvalue weighted by atomic mass is 10.00. The number of aromatic hydroxyl groups is 1. The topological polar surface area (TPSA) is 126 Å². The van der Waals surface area contributed by atoms with Crippen molar-refractivity contribution in [2.75, 3.05) is 0 Å². The third-order valence-electron chi connectivity index (χ3n) is 7.13. The summed E-state index contributed by atoms with van der Waals surface area (Å²) in [4.78, 5) is 30.5. The molecule has 2 saturated carbocycles. The summed E-state index contributed by atoms with van der Waals surface area (Å²) in [6.07, 6.45) is 7.75. The van der Waals surface area contributed by atoms with Crippen molar-refractivity contribution in [1.29, 1.82) is 0 Å². The summed E-state index contributed by atoms with van der Waals surface area (Å²) in [7, 11) is 0. The summed E-state index contributed by atoms with van der Waals surface area (Å²) in [6, 6.07) is 9.36. The molecule has 3 aromatic rings. The van der Waals surface area contributed by atoms with Gasteiger partial charge in [0.05, 0.1) is 0 Å². The van der Waals surface area contributed by atoms with Gasteiger partial charge in [0.1, 0.15) is 24.1 Å². The van der Waals surface area contributed by atoms with Crippen LogP contribution in [-0.2, 0) is 16.1 Å². The number of benzene rings is 1. The predicted octanol–water partition coefficient (Wildman–Crippen LogP) is 3.52. The second kappa shape index (κ2) is 10.5. The van der Waals surface area contributed by atoms with E-state index in [-0.39, 0.29) is 36.2 Å². The zero-order valence-corrected chi connectivity index (χ0v) is 20.5. The minimum Gasteiger partial charge on any atom is -0.508 e. The molecule has 2 fully saturated rings. The number of phenolic OH excluding ortho intramolecular Hbond substituents is 1. The van der Waals surface area contributed by atoms with Crippen LogP contribution >= 0.6 is 0 Å². The highest BCUT2D eigenvalue weighted by molar-refractivity contribution is 5.89. The monoisotopic (exact) mass is 492 g/mol. The van der Waals surface area contributed by atoms with Crippen molar-refractivity contribution in [3.63, 3.8) is 0 Å². The number of nitrogens with one attached hydrogen (secondary N) is 1. The van der Waals surface area contributed by atoms with Crippen LogP contribution in [0.25, 0.3) is 11.6 Å². The van der Waals surface area contributed by atoms with Crippen LogP contribution in [0, 0.1) is 6.92 Å². The summed E-state index contributed by atoms with van der Waals surface area (Å²) in [5, 5.41) is 25.5. The summed E-state index contributed by atoms with van der Waals surface area (Å²) in [6.45, 7) is 1.69. The molecule has 1 unspecified atom stereocenters. The molecule has 2 aliphatic rings. The first kappa shape index (κ1) is 24.0. The Hall–Kier alpha value is -3.69. The normalized spacial score (nSPS) is 17.4.